The molecule has 0 aliphatic carbocycles. The highest BCUT2D eigenvalue weighted by atomic mass is 32.1. The van der Waals surface area contributed by atoms with Crippen LogP contribution in [0, 0.1) is 0 Å². The van der Waals surface area contributed by atoms with Crippen molar-refractivity contribution in [3.8, 4) is 0 Å². The van der Waals surface area contributed by atoms with Gasteiger partial charge >= 0.3 is 0 Å². The number of anilines is 1. The van der Waals surface area contributed by atoms with Crippen LogP contribution in [0.5, 0.6) is 0 Å². The maximum absolute atomic E-state index is 3.97. The van der Waals surface area contributed by atoms with E-state index < -0.39 is 0 Å². The summed E-state index contributed by atoms with van der Waals surface area (Å²) in [6.07, 6.45) is 1.08. The molecule has 1 aromatic carbocycles. The molecule has 2 rings (SSSR count). The zero-order valence-corrected chi connectivity index (χ0v) is 9.42. The number of nitrogens with zero attached hydrogens (tertiary/aromatic N) is 2. The first kappa shape index (κ1) is 10.1. The lowest BCUT2D eigenvalue weighted by Gasteiger charge is -2.04. The van der Waals surface area contributed by atoms with Crippen LogP contribution in [0.2, 0.25) is 0 Å². The van der Waals surface area contributed by atoms with E-state index in [1.807, 2.05) is 5.38 Å². The molecule has 1 aromatic heterocycles. The third kappa shape index (κ3) is 2.76. The number of benzene rings is 1. The predicted molar refractivity (Wildman–Crippen MR) is 63.1 cm³/mol. The molecule has 1 N–H and O–H groups in total. The summed E-state index contributed by atoms with van der Waals surface area (Å²) in [5.74, 6) is 0. The first-order valence-corrected chi connectivity index (χ1v) is 5.81. The van der Waals surface area contributed by atoms with E-state index in [2.05, 4.69) is 46.1 Å². The number of hydrogen-bond donors (Lipinski definition) is 1. The number of hydrogen-bond acceptors (Lipinski definition) is 4. The van der Waals surface area contributed by atoms with Crippen molar-refractivity contribution in [2.75, 3.05) is 5.32 Å². The van der Waals surface area contributed by atoms with Gasteiger partial charge < -0.3 is 5.32 Å². The molecule has 0 bridgehead atoms. The summed E-state index contributed by atoms with van der Waals surface area (Å²) in [4.78, 5) is 0. The number of aryl methyl sites for hydroxylation is 1. The lowest BCUT2D eigenvalue weighted by Crippen LogP contribution is -1.99. The molecule has 15 heavy (non-hydrogen) atoms. The summed E-state index contributed by atoms with van der Waals surface area (Å²) in [5, 5.41) is 9.23. The highest BCUT2D eigenvalue weighted by Gasteiger charge is 1.96. The Kier molecular flexibility index (Phi) is 3.29. The van der Waals surface area contributed by atoms with Crippen LogP contribution in [0.15, 0.2) is 29.6 Å². The van der Waals surface area contributed by atoms with Gasteiger partial charge in [-0.25, -0.2) is 0 Å². The van der Waals surface area contributed by atoms with E-state index in [4.69, 9.17) is 0 Å². The third-order valence-electron chi connectivity index (χ3n) is 2.24. The summed E-state index contributed by atoms with van der Waals surface area (Å²) < 4.78 is 3.81. The molecule has 2 aromatic rings. The van der Waals surface area contributed by atoms with E-state index in [1.165, 1.54) is 17.1 Å². The van der Waals surface area contributed by atoms with Gasteiger partial charge in [0.1, 0.15) is 0 Å². The Balaban J connectivity index is 1.93. The van der Waals surface area contributed by atoms with Gasteiger partial charge in [0.2, 0.25) is 0 Å². The van der Waals surface area contributed by atoms with Crippen LogP contribution in [0.3, 0.4) is 0 Å². The smallest absolute Gasteiger partial charge is 0.0946 e. The summed E-state index contributed by atoms with van der Waals surface area (Å²) in [5.41, 5.74) is 3.47. The van der Waals surface area contributed by atoms with Gasteiger partial charge in [0.05, 0.1) is 12.2 Å². The van der Waals surface area contributed by atoms with Crippen LogP contribution >= 0.6 is 11.5 Å². The van der Waals surface area contributed by atoms with Gasteiger partial charge in [-0.05, 0) is 35.6 Å². The van der Waals surface area contributed by atoms with E-state index in [-0.39, 0.29) is 0 Å². The van der Waals surface area contributed by atoms with E-state index >= 15 is 0 Å². The zero-order chi connectivity index (χ0) is 10.5. The monoisotopic (exact) mass is 219 g/mol. The fourth-order valence-electron chi connectivity index (χ4n) is 1.31. The summed E-state index contributed by atoms with van der Waals surface area (Å²) in [6, 6.07) is 8.47. The Bertz CT molecular complexity index is 394. The van der Waals surface area contributed by atoms with Crippen LogP contribution < -0.4 is 5.32 Å². The Hall–Kier alpha value is -1.42. The maximum atomic E-state index is 3.97. The second-order valence-electron chi connectivity index (χ2n) is 3.30. The van der Waals surface area contributed by atoms with E-state index in [1.54, 1.807) is 0 Å². The van der Waals surface area contributed by atoms with Crippen molar-refractivity contribution in [1.29, 1.82) is 0 Å². The van der Waals surface area contributed by atoms with E-state index in [0.717, 1.165) is 24.3 Å². The van der Waals surface area contributed by atoms with Gasteiger partial charge in [-0.3, -0.25) is 0 Å². The molecule has 0 aliphatic rings. The van der Waals surface area contributed by atoms with Crippen molar-refractivity contribution < 1.29 is 0 Å². The molecule has 0 unspecified atom stereocenters. The topological polar surface area (TPSA) is 37.8 Å². The van der Waals surface area contributed by atoms with Crippen LogP contribution in [-0.2, 0) is 13.0 Å². The molecule has 78 valence electrons. The highest BCUT2D eigenvalue weighted by Crippen LogP contribution is 2.11. The van der Waals surface area contributed by atoms with Crippen molar-refractivity contribution in [3.05, 3.63) is 40.9 Å². The SMILES string of the molecule is CCc1ccc(NCc2csnn2)cc1. The summed E-state index contributed by atoms with van der Waals surface area (Å²) in [6.45, 7) is 2.89. The lowest BCUT2D eigenvalue weighted by molar-refractivity contribution is 0.998. The molecule has 0 aliphatic heterocycles. The largest absolute Gasteiger partial charge is 0.379 e. The normalized spacial score (nSPS) is 10.2. The van der Waals surface area contributed by atoms with Gasteiger partial charge in [0.25, 0.3) is 0 Å². The predicted octanol–water partition coefficient (Wildman–Crippen LogP) is 2.71. The molecule has 3 nitrogen and oxygen atoms in total. The second kappa shape index (κ2) is 4.89. The molecule has 0 radical (unpaired) electrons. The van der Waals surface area contributed by atoms with Crippen LogP contribution in [-0.4, -0.2) is 9.59 Å². The average molecular weight is 219 g/mol. The van der Waals surface area contributed by atoms with Crippen LogP contribution in [0.4, 0.5) is 5.69 Å². The van der Waals surface area contributed by atoms with Crippen molar-refractivity contribution >= 4 is 17.2 Å². The molecule has 0 spiro atoms. The molecule has 1 heterocycles. The van der Waals surface area contributed by atoms with Gasteiger partial charge in [-0.15, -0.1) is 5.10 Å². The molecular formula is C11H13N3S. The highest BCUT2D eigenvalue weighted by molar-refractivity contribution is 7.03. The zero-order valence-electron chi connectivity index (χ0n) is 8.60. The standard InChI is InChI=1S/C11H13N3S/c1-2-9-3-5-10(6-4-9)12-7-11-8-15-14-13-11/h3-6,8,12H,2,7H2,1H3. The Morgan fingerprint density at radius 1 is 1.27 bits per heavy atom. The maximum Gasteiger partial charge on any atom is 0.0946 e. The molecule has 0 atom stereocenters. The molecule has 4 heteroatoms. The Morgan fingerprint density at radius 2 is 2.07 bits per heavy atom. The molecular weight excluding hydrogens is 206 g/mol. The fraction of sp³-hybridized carbons (Fsp3) is 0.273. The minimum absolute atomic E-state index is 0.738. The Labute approximate surface area is 93.3 Å². The molecule has 0 fully saturated rings. The van der Waals surface area contributed by atoms with E-state index in [0.29, 0.717) is 0 Å². The first-order chi connectivity index (χ1) is 7.38. The van der Waals surface area contributed by atoms with Crippen molar-refractivity contribution in [2.45, 2.75) is 19.9 Å². The van der Waals surface area contributed by atoms with Gasteiger partial charge in [0, 0.05) is 11.1 Å². The second-order valence-corrected chi connectivity index (χ2v) is 3.91. The van der Waals surface area contributed by atoms with Crippen molar-refractivity contribution in [1.82, 2.24) is 9.59 Å². The van der Waals surface area contributed by atoms with Gasteiger partial charge in [0.15, 0.2) is 0 Å². The fourth-order valence-corrected chi connectivity index (χ4v) is 1.76. The number of nitrogens with one attached hydrogen (secondary N) is 1. The quantitative estimate of drug-likeness (QED) is 0.859. The minimum Gasteiger partial charge on any atom is -0.379 e. The summed E-state index contributed by atoms with van der Waals surface area (Å²) >= 11 is 1.38. The first-order valence-electron chi connectivity index (χ1n) is 4.97. The Morgan fingerprint density at radius 3 is 2.67 bits per heavy atom. The average Bonchev–Trinajstić information content (AvgIpc) is 2.80. The van der Waals surface area contributed by atoms with Crippen molar-refractivity contribution in [2.24, 2.45) is 0 Å². The number of rotatable bonds is 4. The summed E-state index contributed by atoms with van der Waals surface area (Å²) in [7, 11) is 0. The van der Waals surface area contributed by atoms with E-state index in [9.17, 15) is 0 Å². The molecule has 0 saturated heterocycles. The van der Waals surface area contributed by atoms with Crippen LogP contribution in [0.25, 0.3) is 0 Å². The molecule has 0 saturated carbocycles. The third-order valence-corrected chi connectivity index (χ3v) is 2.79. The van der Waals surface area contributed by atoms with Gasteiger partial charge in [-0.1, -0.05) is 23.5 Å². The van der Waals surface area contributed by atoms with Crippen LogP contribution in [0.1, 0.15) is 18.2 Å². The van der Waals surface area contributed by atoms with Gasteiger partial charge in [-0.2, -0.15) is 0 Å². The lowest BCUT2D eigenvalue weighted by atomic mass is 10.1. The minimum atomic E-state index is 0.738. The number of aromatic nitrogens is 2. The van der Waals surface area contributed by atoms with Crippen molar-refractivity contribution in [3.63, 3.8) is 0 Å². The molecule has 0 amide bonds.